The third-order valence-corrected chi connectivity index (χ3v) is 3.24. The molecule has 0 aromatic heterocycles. The molecule has 0 saturated carbocycles. The Morgan fingerprint density at radius 2 is 1.79 bits per heavy atom. The molecule has 104 valence electrons. The molecular formula is C14H19IN2O2. The van der Waals surface area contributed by atoms with Crippen LogP contribution in [-0.4, -0.2) is 18.4 Å². The Morgan fingerprint density at radius 3 is 2.37 bits per heavy atom. The molecular weight excluding hydrogens is 355 g/mol. The zero-order chi connectivity index (χ0) is 14.3. The number of rotatable bonds is 6. The number of benzene rings is 1. The molecule has 1 aromatic rings. The summed E-state index contributed by atoms with van der Waals surface area (Å²) in [6, 6.07) is 7.50. The van der Waals surface area contributed by atoms with Crippen molar-refractivity contribution in [2.75, 3.05) is 11.9 Å². The van der Waals surface area contributed by atoms with Gasteiger partial charge in [0, 0.05) is 15.7 Å². The van der Waals surface area contributed by atoms with Gasteiger partial charge in [0.1, 0.15) is 0 Å². The number of carbonyl (C=O) groups is 2. The van der Waals surface area contributed by atoms with Gasteiger partial charge in [-0.25, -0.2) is 0 Å². The molecule has 5 heteroatoms. The third-order valence-electron chi connectivity index (χ3n) is 2.52. The van der Waals surface area contributed by atoms with E-state index in [2.05, 4.69) is 47.1 Å². The molecule has 0 aliphatic heterocycles. The maximum atomic E-state index is 11.6. The molecule has 4 nitrogen and oxygen atoms in total. The zero-order valence-corrected chi connectivity index (χ0v) is 13.4. The van der Waals surface area contributed by atoms with Crippen molar-refractivity contribution in [1.29, 1.82) is 0 Å². The Kier molecular flexibility index (Phi) is 6.83. The van der Waals surface area contributed by atoms with Crippen molar-refractivity contribution in [3.8, 4) is 0 Å². The van der Waals surface area contributed by atoms with Crippen molar-refractivity contribution < 1.29 is 9.59 Å². The average Bonchev–Trinajstić information content (AvgIpc) is 2.36. The molecule has 0 radical (unpaired) electrons. The summed E-state index contributed by atoms with van der Waals surface area (Å²) in [5.41, 5.74) is 0.738. The standard InChI is InChI=1S/C14H19IN2O2/c1-10(2)3-8-13(18)16-9-14(19)17-12-6-4-11(15)5-7-12/h4-7,10H,3,8-9H2,1-2H3,(H,16,18)(H,17,19). The van der Waals surface area contributed by atoms with Gasteiger partial charge in [-0.05, 0) is 59.2 Å². The van der Waals surface area contributed by atoms with E-state index in [1.165, 1.54) is 0 Å². The Hall–Kier alpha value is -1.11. The molecule has 0 aliphatic rings. The number of hydrogen-bond acceptors (Lipinski definition) is 2. The smallest absolute Gasteiger partial charge is 0.243 e. The van der Waals surface area contributed by atoms with Crippen LogP contribution in [0, 0.1) is 9.49 Å². The van der Waals surface area contributed by atoms with Crippen molar-refractivity contribution in [3.05, 3.63) is 27.8 Å². The van der Waals surface area contributed by atoms with Crippen LogP contribution in [0.3, 0.4) is 0 Å². The average molecular weight is 374 g/mol. The fraction of sp³-hybridized carbons (Fsp3) is 0.429. The summed E-state index contributed by atoms with van der Waals surface area (Å²) in [6.45, 7) is 4.15. The molecule has 0 spiro atoms. The third kappa shape index (κ3) is 7.15. The van der Waals surface area contributed by atoms with Crippen LogP contribution in [0.25, 0.3) is 0 Å². The van der Waals surface area contributed by atoms with Gasteiger partial charge in [-0.2, -0.15) is 0 Å². The summed E-state index contributed by atoms with van der Waals surface area (Å²) < 4.78 is 1.11. The number of amides is 2. The SMILES string of the molecule is CC(C)CCC(=O)NCC(=O)Nc1ccc(I)cc1. The number of hydrogen-bond donors (Lipinski definition) is 2. The lowest BCUT2D eigenvalue weighted by Crippen LogP contribution is -2.32. The summed E-state index contributed by atoms with van der Waals surface area (Å²) in [4.78, 5) is 23.1. The van der Waals surface area contributed by atoms with Crippen LogP contribution < -0.4 is 10.6 Å². The number of nitrogens with one attached hydrogen (secondary N) is 2. The van der Waals surface area contributed by atoms with Gasteiger partial charge in [0.2, 0.25) is 11.8 Å². The van der Waals surface area contributed by atoms with E-state index >= 15 is 0 Å². The lowest BCUT2D eigenvalue weighted by atomic mass is 10.1. The molecule has 0 aliphatic carbocycles. The summed E-state index contributed by atoms with van der Waals surface area (Å²) >= 11 is 2.20. The molecule has 0 fully saturated rings. The number of anilines is 1. The molecule has 0 bridgehead atoms. The summed E-state index contributed by atoms with van der Waals surface area (Å²) in [5, 5.41) is 5.35. The molecule has 0 saturated heterocycles. The molecule has 0 atom stereocenters. The van der Waals surface area contributed by atoms with E-state index < -0.39 is 0 Å². The zero-order valence-electron chi connectivity index (χ0n) is 11.2. The van der Waals surface area contributed by atoms with Crippen molar-refractivity contribution in [1.82, 2.24) is 5.32 Å². The highest BCUT2D eigenvalue weighted by molar-refractivity contribution is 14.1. The van der Waals surface area contributed by atoms with Gasteiger partial charge in [-0.1, -0.05) is 13.8 Å². The molecule has 2 N–H and O–H groups in total. The number of halogens is 1. The van der Waals surface area contributed by atoms with Crippen LogP contribution in [0.2, 0.25) is 0 Å². The second-order valence-electron chi connectivity index (χ2n) is 4.76. The normalized spacial score (nSPS) is 10.3. The van der Waals surface area contributed by atoms with Gasteiger partial charge < -0.3 is 10.6 Å². The minimum absolute atomic E-state index is 0.0168. The highest BCUT2D eigenvalue weighted by Crippen LogP contribution is 2.10. The quantitative estimate of drug-likeness (QED) is 0.753. The lowest BCUT2D eigenvalue weighted by molar-refractivity contribution is -0.124. The van der Waals surface area contributed by atoms with E-state index in [9.17, 15) is 9.59 Å². The molecule has 1 aromatic carbocycles. The summed E-state index contributed by atoms with van der Waals surface area (Å²) in [5.74, 6) is 0.205. The second kappa shape index (κ2) is 8.14. The number of carbonyl (C=O) groups excluding carboxylic acids is 2. The van der Waals surface area contributed by atoms with Crippen LogP contribution in [0.5, 0.6) is 0 Å². The van der Waals surface area contributed by atoms with Gasteiger partial charge in [-0.15, -0.1) is 0 Å². The summed E-state index contributed by atoms with van der Waals surface area (Å²) in [6.07, 6.45) is 1.30. The van der Waals surface area contributed by atoms with E-state index in [0.29, 0.717) is 12.3 Å². The summed E-state index contributed by atoms with van der Waals surface area (Å²) in [7, 11) is 0. The van der Waals surface area contributed by atoms with Gasteiger partial charge in [0.05, 0.1) is 6.54 Å². The van der Waals surface area contributed by atoms with E-state index in [0.717, 1.165) is 15.7 Å². The Balaban J connectivity index is 2.28. The van der Waals surface area contributed by atoms with Gasteiger partial charge in [-0.3, -0.25) is 9.59 Å². The second-order valence-corrected chi connectivity index (χ2v) is 6.01. The Bertz CT molecular complexity index is 430. The fourth-order valence-corrected chi connectivity index (χ4v) is 1.79. The highest BCUT2D eigenvalue weighted by atomic mass is 127. The van der Waals surface area contributed by atoms with Crippen molar-refractivity contribution in [2.45, 2.75) is 26.7 Å². The topological polar surface area (TPSA) is 58.2 Å². The van der Waals surface area contributed by atoms with Gasteiger partial charge >= 0.3 is 0 Å². The first-order chi connectivity index (χ1) is 8.97. The van der Waals surface area contributed by atoms with E-state index in [1.807, 2.05) is 24.3 Å². The predicted octanol–water partition coefficient (Wildman–Crippen LogP) is 2.78. The van der Waals surface area contributed by atoms with Crippen molar-refractivity contribution >= 4 is 40.1 Å². The van der Waals surface area contributed by atoms with Gasteiger partial charge in [0.15, 0.2) is 0 Å². The Labute approximate surface area is 127 Å². The van der Waals surface area contributed by atoms with E-state index in [4.69, 9.17) is 0 Å². The molecule has 1 rings (SSSR count). The minimum Gasteiger partial charge on any atom is -0.347 e. The molecule has 19 heavy (non-hydrogen) atoms. The highest BCUT2D eigenvalue weighted by Gasteiger charge is 2.06. The van der Waals surface area contributed by atoms with Crippen molar-refractivity contribution in [3.63, 3.8) is 0 Å². The van der Waals surface area contributed by atoms with E-state index in [-0.39, 0.29) is 18.4 Å². The maximum Gasteiger partial charge on any atom is 0.243 e. The minimum atomic E-state index is -0.209. The van der Waals surface area contributed by atoms with Crippen LogP contribution in [0.1, 0.15) is 26.7 Å². The van der Waals surface area contributed by atoms with Crippen molar-refractivity contribution in [2.24, 2.45) is 5.92 Å². The van der Waals surface area contributed by atoms with Gasteiger partial charge in [0.25, 0.3) is 0 Å². The maximum absolute atomic E-state index is 11.6. The van der Waals surface area contributed by atoms with Crippen LogP contribution in [0.15, 0.2) is 24.3 Å². The van der Waals surface area contributed by atoms with E-state index in [1.54, 1.807) is 0 Å². The first kappa shape index (κ1) is 15.9. The first-order valence-electron chi connectivity index (χ1n) is 6.29. The monoisotopic (exact) mass is 374 g/mol. The predicted molar refractivity (Wildman–Crippen MR) is 84.9 cm³/mol. The van der Waals surface area contributed by atoms with Crippen LogP contribution in [-0.2, 0) is 9.59 Å². The van der Waals surface area contributed by atoms with Crippen LogP contribution >= 0.6 is 22.6 Å². The molecule has 0 unspecified atom stereocenters. The molecule has 2 amide bonds. The largest absolute Gasteiger partial charge is 0.347 e. The fourth-order valence-electron chi connectivity index (χ4n) is 1.43. The Morgan fingerprint density at radius 1 is 1.16 bits per heavy atom. The first-order valence-corrected chi connectivity index (χ1v) is 7.37. The van der Waals surface area contributed by atoms with Crippen LogP contribution in [0.4, 0.5) is 5.69 Å². The lowest BCUT2D eigenvalue weighted by Gasteiger charge is -2.08. The molecule has 0 heterocycles.